The highest BCUT2D eigenvalue weighted by Crippen LogP contribution is 2.29. The average molecular weight is 239 g/mol. The minimum atomic E-state index is 0.708. The van der Waals surface area contributed by atoms with Crippen molar-refractivity contribution in [1.29, 1.82) is 0 Å². The van der Waals surface area contributed by atoms with E-state index >= 15 is 0 Å². The molecular formula is C6H5BrClNS. The van der Waals surface area contributed by atoms with E-state index in [2.05, 4.69) is 20.9 Å². The molecule has 4 heteroatoms. The van der Waals surface area contributed by atoms with Crippen LogP contribution in [0, 0.1) is 0 Å². The molecule has 54 valence electrons. The minimum absolute atomic E-state index is 0.708. The Bertz CT molecular complexity index is 241. The van der Waals surface area contributed by atoms with Crippen molar-refractivity contribution in [1.82, 2.24) is 4.98 Å². The summed E-state index contributed by atoms with van der Waals surface area (Å²) in [6.07, 6.45) is 3.66. The van der Waals surface area contributed by atoms with Crippen LogP contribution in [0.4, 0.5) is 0 Å². The van der Waals surface area contributed by atoms with Gasteiger partial charge in [-0.05, 0) is 28.3 Å². The maximum atomic E-state index is 5.79. The lowest BCUT2D eigenvalue weighted by atomic mass is 10.5. The van der Waals surface area contributed by atoms with Gasteiger partial charge in [-0.1, -0.05) is 11.6 Å². The van der Waals surface area contributed by atoms with Gasteiger partial charge in [0.1, 0.15) is 5.03 Å². The first kappa shape index (κ1) is 8.37. The van der Waals surface area contributed by atoms with Crippen LogP contribution in [0.2, 0.25) is 5.02 Å². The molecule has 0 fully saturated rings. The Balaban J connectivity index is 3.14. The van der Waals surface area contributed by atoms with E-state index < -0.39 is 0 Å². The number of nitrogens with zero attached hydrogens (tertiary/aromatic N) is 1. The Kier molecular flexibility index (Phi) is 3.01. The Labute approximate surface area is 77.3 Å². The van der Waals surface area contributed by atoms with Gasteiger partial charge in [0, 0.05) is 6.20 Å². The van der Waals surface area contributed by atoms with Gasteiger partial charge in [0.15, 0.2) is 0 Å². The monoisotopic (exact) mass is 237 g/mol. The first-order valence-electron chi connectivity index (χ1n) is 2.59. The zero-order chi connectivity index (χ0) is 7.56. The summed E-state index contributed by atoms with van der Waals surface area (Å²) >= 11 is 10.7. The van der Waals surface area contributed by atoms with Gasteiger partial charge >= 0.3 is 0 Å². The zero-order valence-corrected chi connectivity index (χ0v) is 8.42. The van der Waals surface area contributed by atoms with Crippen LogP contribution in [0.1, 0.15) is 0 Å². The molecule has 0 spiro atoms. The zero-order valence-electron chi connectivity index (χ0n) is 5.27. The van der Waals surface area contributed by atoms with Gasteiger partial charge in [0.25, 0.3) is 0 Å². The molecule has 0 unspecified atom stereocenters. The van der Waals surface area contributed by atoms with E-state index in [1.54, 1.807) is 24.0 Å². The van der Waals surface area contributed by atoms with Crippen LogP contribution in [0.25, 0.3) is 0 Å². The first-order valence-corrected chi connectivity index (χ1v) is 4.99. The SMILES string of the molecule is CSc1nccc(Cl)c1Br. The van der Waals surface area contributed by atoms with Gasteiger partial charge < -0.3 is 0 Å². The van der Waals surface area contributed by atoms with Crippen molar-refractivity contribution in [2.24, 2.45) is 0 Å². The van der Waals surface area contributed by atoms with Gasteiger partial charge in [0.05, 0.1) is 9.50 Å². The van der Waals surface area contributed by atoms with Crippen molar-refractivity contribution in [2.75, 3.05) is 6.26 Å². The summed E-state index contributed by atoms with van der Waals surface area (Å²) < 4.78 is 0.879. The van der Waals surface area contributed by atoms with E-state index in [4.69, 9.17) is 11.6 Å². The van der Waals surface area contributed by atoms with Gasteiger partial charge in [-0.25, -0.2) is 4.98 Å². The molecule has 1 aromatic rings. The second-order valence-corrected chi connectivity index (χ2v) is 3.61. The average Bonchev–Trinajstić information content (AvgIpc) is 1.95. The molecule has 0 aliphatic carbocycles. The quantitative estimate of drug-likeness (QED) is 0.697. The lowest BCUT2D eigenvalue weighted by Gasteiger charge is -1.98. The summed E-state index contributed by atoms with van der Waals surface area (Å²) in [6, 6.07) is 1.76. The number of pyridine rings is 1. The van der Waals surface area contributed by atoms with E-state index in [-0.39, 0.29) is 0 Å². The Morgan fingerprint density at radius 3 is 2.90 bits per heavy atom. The standard InChI is InChI=1S/C6H5BrClNS/c1-10-6-5(7)4(8)2-3-9-6/h2-3H,1H3. The number of hydrogen-bond acceptors (Lipinski definition) is 2. The molecule has 0 atom stereocenters. The van der Waals surface area contributed by atoms with Gasteiger partial charge in [-0.3, -0.25) is 0 Å². The predicted octanol–water partition coefficient (Wildman–Crippen LogP) is 3.22. The van der Waals surface area contributed by atoms with E-state index in [1.807, 2.05) is 6.26 Å². The van der Waals surface area contributed by atoms with E-state index in [9.17, 15) is 0 Å². The summed E-state index contributed by atoms with van der Waals surface area (Å²) in [5.41, 5.74) is 0. The molecule has 0 saturated heterocycles. The lowest BCUT2D eigenvalue weighted by Crippen LogP contribution is -1.79. The second kappa shape index (κ2) is 3.60. The van der Waals surface area contributed by atoms with Crippen LogP contribution in [0.5, 0.6) is 0 Å². The third-order valence-corrected chi connectivity index (χ3v) is 3.31. The Morgan fingerprint density at radius 2 is 2.40 bits per heavy atom. The summed E-state index contributed by atoms with van der Waals surface area (Å²) in [7, 11) is 0. The Morgan fingerprint density at radius 1 is 1.70 bits per heavy atom. The van der Waals surface area contributed by atoms with Gasteiger partial charge in [-0.2, -0.15) is 0 Å². The fourth-order valence-corrected chi connectivity index (χ4v) is 1.92. The van der Waals surface area contributed by atoms with Crippen molar-refractivity contribution < 1.29 is 0 Å². The van der Waals surface area contributed by atoms with Crippen LogP contribution in [-0.2, 0) is 0 Å². The molecule has 0 bridgehead atoms. The molecule has 10 heavy (non-hydrogen) atoms. The fourth-order valence-electron chi connectivity index (χ4n) is 0.545. The first-order chi connectivity index (χ1) is 4.75. The molecule has 1 aromatic heterocycles. The molecule has 0 aliphatic heterocycles. The van der Waals surface area contributed by atoms with Crippen LogP contribution in [0.3, 0.4) is 0 Å². The topological polar surface area (TPSA) is 12.9 Å². The second-order valence-electron chi connectivity index (χ2n) is 1.62. The van der Waals surface area contributed by atoms with E-state index in [0.717, 1.165) is 9.50 Å². The molecule has 1 nitrogen and oxygen atoms in total. The number of thioether (sulfide) groups is 1. The molecule has 0 saturated carbocycles. The van der Waals surface area contributed by atoms with Crippen LogP contribution < -0.4 is 0 Å². The molecule has 0 aliphatic rings. The van der Waals surface area contributed by atoms with Crippen molar-refractivity contribution >= 4 is 39.3 Å². The minimum Gasteiger partial charge on any atom is -0.249 e. The van der Waals surface area contributed by atoms with Crippen LogP contribution >= 0.6 is 39.3 Å². The molecule has 0 aromatic carbocycles. The van der Waals surface area contributed by atoms with Gasteiger partial charge in [-0.15, -0.1) is 11.8 Å². The van der Waals surface area contributed by atoms with Crippen LogP contribution in [0.15, 0.2) is 21.8 Å². The third-order valence-electron chi connectivity index (χ3n) is 1.00. The smallest absolute Gasteiger partial charge is 0.111 e. The normalized spacial score (nSPS) is 9.90. The molecule has 0 N–H and O–H groups in total. The predicted molar refractivity (Wildman–Crippen MR) is 48.7 cm³/mol. The molecule has 0 amide bonds. The fraction of sp³-hybridized carbons (Fsp3) is 0.167. The number of halogens is 2. The van der Waals surface area contributed by atoms with Crippen molar-refractivity contribution in [3.05, 3.63) is 21.8 Å². The number of rotatable bonds is 1. The van der Waals surface area contributed by atoms with E-state index in [0.29, 0.717) is 5.02 Å². The van der Waals surface area contributed by atoms with Crippen molar-refractivity contribution in [3.63, 3.8) is 0 Å². The highest BCUT2D eigenvalue weighted by Gasteiger charge is 2.01. The molecule has 0 radical (unpaired) electrons. The summed E-state index contributed by atoms with van der Waals surface area (Å²) in [5, 5.41) is 1.63. The maximum Gasteiger partial charge on any atom is 0.111 e. The third kappa shape index (κ3) is 1.65. The van der Waals surface area contributed by atoms with Crippen molar-refractivity contribution in [2.45, 2.75) is 5.03 Å². The largest absolute Gasteiger partial charge is 0.249 e. The summed E-state index contributed by atoms with van der Waals surface area (Å²) in [5.74, 6) is 0. The van der Waals surface area contributed by atoms with E-state index in [1.165, 1.54) is 0 Å². The highest BCUT2D eigenvalue weighted by atomic mass is 79.9. The summed E-state index contributed by atoms with van der Waals surface area (Å²) in [6.45, 7) is 0. The summed E-state index contributed by atoms with van der Waals surface area (Å²) in [4.78, 5) is 4.09. The number of aromatic nitrogens is 1. The van der Waals surface area contributed by atoms with Crippen LogP contribution in [-0.4, -0.2) is 11.2 Å². The maximum absolute atomic E-state index is 5.79. The highest BCUT2D eigenvalue weighted by molar-refractivity contribution is 9.10. The van der Waals surface area contributed by atoms with Crippen molar-refractivity contribution in [3.8, 4) is 0 Å². The molecular weight excluding hydrogens is 233 g/mol. The lowest BCUT2D eigenvalue weighted by molar-refractivity contribution is 1.11. The Hall–Kier alpha value is 0.270. The van der Waals surface area contributed by atoms with Gasteiger partial charge in [0.2, 0.25) is 0 Å². The number of hydrogen-bond donors (Lipinski definition) is 0. The molecule has 1 rings (SSSR count). The molecule has 1 heterocycles.